The number of halogens is 1. The number of ether oxygens (including phenoxy) is 2. The summed E-state index contributed by atoms with van der Waals surface area (Å²) in [6, 6.07) is 7.32. The van der Waals surface area contributed by atoms with E-state index in [0.29, 0.717) is 22.0 Å². The molecule has 0 saturated carbocycles. The molecule has 0 aliphatic carbocycles. The zero-order valence-corrected chi connectivity index (χ0v) is 15.0. The van der Waals surface area contributed by atoms with Gasteiger partial charge in [0, 0.05) is 35.5 Å². The number of anilines is 1. The van der Waals surface area contributed by atoms with Crippen LogP contribution in [0.25, 0.3) is 11.1 Å². The quantitative estimate of drug-likeness (QED) is 0.437. The Kier molecular flexibility index (Phi) is 5.57. The molecule has 0 aliphatic heterocycles. The third-order valence-electron chi connectivity index (χ3n) is 3.95. The number of amidine groups is 1. The van der Waals surface area contributed by atoms with Crippen molar-refractivity contribution in [1.82, 2.24) is 5.32 Å². The van der Waals surface area contributed by atoms with Crippen molar-refractivity contribution in [2.75, 3.05) is 27.0 Å². The first-order valence-corrected chi connectivity index (χ1v) is 7.96. The fourth-order valence-corrected chi connectivity index (χ4v) is 3.07. The highest BCUT2D eigenvalue weighted by molar-refractivity contribution is 6.35. The van der Waals surface area contributed by atoms with Crippen LogP contribution in [0, 0.1) is 5.41 Å². The van der Waals surface area contributed by atoms with Crippen LogP contribution in [0.1, 0.15) is 18.1 Å². The Balaban J connectivity index is 2.71. The van der Waals surface area contributed by atoms with Gasteiger partial charge >= 0.3 is 0 Å². The van der Waals surface area contributed by atoms with E-state index in [4.69, 9.17) is 32.2 Å². The van der Waals surface area contributed by atoms with E-state index in [1.165, 1.54) is 0 Å². The third-order valence-corrected chi connectivity index (χ3v) is 4.33. The lowest BCUT2D eigenvalue weighted by Gasteiger charge is -2.18. The Bertz CT molecular complexity index is 775. The van der Waals surface area contributed by atoms with Crippen molar-refractivity contribution in [1.29, 1.82) is 5.41 Å². The van der Waals surface area contributed by atoms with E-state index in [2.05, 4.69) is 5.32 Å². The van der Waals surface area contributed by atoms with Gasteiger partial charge < -0.3 is 20.5 Å². The van der Waals surface area contributed by atoms with Crippen molar-refractivity contribution >= 4 is 23.1 Å². The molecule has 24 heavy (non-hydrogen) atoms. The second kappa shape index (κ2) is 7.45. The summed E-state index contributed by atoms with van der Waals surface area (Å²) in [5.41, 5.74) is 9.96. The number of nitrogens with two attached hydrogens (primary N) is 1. The Morgan fingerprint density at radius 2 is 1.88 bits per heavy atom. The van der Waals surface area contributed by atoms with E-state index >= 15 is 0 Å². The van der Waals surface area contributed by atoms with Gasteiger partial charge in [-0.15, -0.1) is 0 Å². The van der Waals surface area contributed by atoms with Crippen LogP contribution in [0.2, 0.25) is 5.02 Å². The van der Waals surface area contributed by atoms with Gasteiger partial charge in [-0.1, -0.05) is 24.6 Å². The molecule has 0 aliphatic rings. The van der Waals surface area contributed by atoms with Gasteiger partial charge in [-0.25, -0.2) is 0 Å². The second-order valence-electron chi connectivity index (χ2n) is 5.23. The summed E-state index contributed by atoms with van der Waals surface area (Å²) < 4.78 is 10.9. The summed E-state index contributed by atoms with van der Waals surface area (Å²) in [4.78, 5) is 0. The van der Waals surface area contributed by atoms with Crippen LogP contribution in [-0.2, 0) is 6.42 Å². The van der Waals surface area contributed by atoms with E-state index in [0.717, 1.165) is 28.9 Å². The zero-order valence-electron chi connectivity index (χ0n) is 14.3. The fraction of sp³-hybridized carbons (Fsp3) is 0.278. The minimum atomic E-state index is 0.268. The predicted octanol–water partition coefficient (Wildman–Crippen LogP) is 3.71. The maximum absolute atomic E-state index is 7.89. The fourth-order valence-electron chi connectivity index (χ4n) is 2.71. The molecule has 2 rings (SSSR count). The average Bonchev–Trinajstić information content (AvgIpc) is 2.60. The van der Waals surface area contributed by atoms with Crippen LogP contribution in [0.5, 0.6) is 11.5 Å². The van der Waals surface area contributed by atoms with Crippen molar-refractivity contribution in [2.45, 2.75) is 13.3 Å². The molecule has 0 unspecified atom stereocenters. The first kappa shape index (κ1) is 17.9. The molecule has 0 spiro atoms. The molecule has 0 radical (unpaired) electrons. The minimum absolute atomic E-state index is 0.268. The molecule has 4 N–H and O–H groups in total. The molecule has 128 valence electrons. The number of nitrogens with one attached hydrogen (secondary N) is 2. The Labute approximate surface area is 147 Å². The van der Waals surface area contributed by atoms with Gasteiger partial charge in [0.25, 0.3) is 0 Å². The Morgan fingerprint density at radius 1 is 1.21 bits per heavy atom. The van der Waals surface area contributed by atoms with Crippen LogP contribution in [0.3, 0.4) is 0 Å². The first-order valence-electron chi connectivity index (χ1n) is 7.58. The largest absolute Gasteiger partial charge is 0.496 e. The van der Waals surface area contributed by atoms with E-state index in [-0.39, 0.29) is 5.84 Å². The summed E-state index contributed by atoms with van der Waals surface area (Å²) >= 11 is 6.56. The highest BCUT2D eigenvalue weighted by Gasteiger charge is 2.19. The number of benzene rings is 2. The van der Waals surface area contributed by atoms with Crippen LogP contribution < -0.4 is 20.5 Å². The predicted molar refractivity (Wildman–Crippen MR) is 99.7 cm³/mol. The van der Waals surface area contributed by atoms with E-state index in [9.17, 15) is 0 Å². The monoisotopic (exact) mass is 347 g/mol. The summed E-state index contributed by atoms with van der Waals surface area (Å²) in [6.45, 7) is 2.04. The maximum atomic E-state index is 7.89. The van der Waals surface area contributed by atoms with Crippen LogP contribution in [-0.4, -0.2) is 27.1 Å². The molecule has 0 heterocycles. The molecule has 0 bridgehead atoms. The van der Waals surface area contributed by atoms with Gasteiger partial charge in [0.15, 0.2) is 0 Å². The molecular formula is C18H22ClN3O2. The first-order chi connectivity index (χ1) is 11.5. The van der Waals surface area contributed by atoms with Gasteiger partial charge in [0.2, 0.25) is 0 Å². The highest BCUT2D eigenvalue weighted by atomic mass is 35.5. The standard InChI is InChI=1S/C18H22ClN3O2/c1-5-11-14(23-3)9-15(24-4)17(19)16(11)10-6-7-12(13(20)8-10)18(21)22-2/h6-9H,5,20H2,1-4H3,(H2,21,22). The summed E-state index contributed by atoms with van der Waals surface area (Å²) in [7, 11) is 4.88. The lowest BCUT2D eigenvalue weighted by atomic mass is 9.95. The molecule has 2 aromatic carbocycles. The molecule has 0 aromatic heterocycles. The van der Waals surface area contributed by atoms with Gasteiger partial charge in [-0.3, -0.25) is 5.41 Å². The summed E-state index contributed by atoms with van der Waals surface area (Å²) in [5, 5.41) is 11.2. The van der Waals surface area contributed by atoms with Gasteiger partial charge in [-0.2, -0.15) is 0 Å². The van der Waals surface area contributed by atoms with Crippen molar-refractivity contribution in [3.05, 3.63) is 40.4 Å². The van der Waals surface area contributed by atoms with Crippen LogP contribution >= 0.6 is 11.6 Å². The Morgan fingerprint density at radius 3 is 2.38 bits per heavy atom. The van der Waals surface area contributed by atoms with Gasteiger partial charge in [0.1, 0.15) is 17.3 Å². The summed E-state index contributed by atoms with van der Waals surface area (Å²) in [6.07, 6.45) is 0.746. The number of nitrogen functional groups attached to an aromatic ring is 1. The van der Waals surface area contributed by atoms with Crippen LogP contribution in [0.15, 0.2) is 24.3 Å². The number of methoxy groups -OCH3 is 2. The maximum Gasteiger partial charge on any atom is 0.141 e. The molecule has 0 amide bonds. The number of hydrogen-bond donors (Lipinski definition) is 3. The summed E-state index contributed by atoms with van der Waals surface area (Å²) in [5.74, 6) is 1.54. The van der Waals surface area contributed by atoms with Crippen LogP contribution in [0.4, 0.5) is 5.69 Å². The topological polar surface area (TPSA) is 80.4 Å². The number of hydrogen-bond acceptors (Lipinski definition) is 4. The zero-order chi connectivity index (χ0) is 17.9. The smallest absolute Gasteiger partial charge is 0.141 e. The normalized spacial score (nSPS) is 10.4. The van der Waals surface area contributed by atoms with Crippen molar-refractivity contribution in [3.63, 3.8) is 0 Å². The molecule has 6 heteroatoms. The highest BCUT2D eigenvalue weighted by Crippen LogP contribution is 2.44. The number of rotatable bonds is 5. The van der Waals surface area contributed by atoms with Crippen molar-refractivity contribution in [3.8, 4) is 22.6 Å². The molecular weight excluding hydrogens is 326 g/mol. The molecule has 0 atom stereocenters. The lowest BCUT2D eigenvalue weighted by Crippen LogP contribution is -2.19. The third kappa shape index (κ3) is 3.12. The van der Waals surface area contributed by atoms with E-state index in [1.807, 2.05) is 25.1 Å². The van der Waals surface area contributed by atoms with E-state index < -0.39 is 0 Å². The lowest BCUT2D eigenvalue weighted by molar-refractivity contribution is 0.392. The van der Waals surface area contributed by atoms with Gasteiger partial charge in [-0.05, 0) is 24.1 Å². The van der Waals surface area contributed by atoms with Gasteiger partial charge in [0.05, 0.1) is 19.2 Å². The second-order valence-corrected chi connectivity index (χ2v) is 5.61. The molecule has 0 fully saturated rings. The Hall–Kier alpha value is -2.40. The molecule has 5 nitrogen and oxygen atoms in total. The molecule has 2 aromatic rings. The molecule has 0 saturated heterocycles. The van der Waals surface area contributed by atoms with Crippen molar-refractivity contribution < 1.29 is 9.47 Å². The van der Waals surface area contributed by atoms with E-state index in [1.54, 1.807) is 27.3 Å². The SMILES string of the molecule is CCc1c(OC)cc(OC)c(Cl)c1-c1ccc(C(=N)NC)c(N)c1. The average molecular weight is 348 g/mol. The minimum Gasteiger partial charge on any atom is -0.496 e. The van der Waals surface area contributed by atoms with Crippen molar-refractivity contribution in [2.24, 2.45) is 0 Å².